The van der Waals surface area contributed by atoms with Crippen LogP contribution in [0.3, 0.4) is 0 Å². The van der Waals surface area contributed by atoms with Crippen LogP contribution in [0.2, 0.25) is 0 Å². The molecule has 1 aliphatic rings. The second kappa shape index (κ2) is 4.11. The minimum Gasteiger partial charge on any atom is -0.310 e. The number of benzene rings is 1. The summed E-state index contributed by atoms with van der Waals surface area (Å²) in [6.45, 7) is -1.81. The van der Waals surface area contributed by atoms with E-state index in [4.69, 9.17) is 0 Å². The Bertz CT molecular complexity index is 529. The van der Waals surface area contributed by atoms with E-state index in [0.717, 1.165) is 15.5 Å². The quantitative estimate of drug-likeness (QED) is 0.862. The zero-order chi connectivity index (χ0) is 11.8. The molecule has 1 aromatic heterocycles. The van der Waals surface area contributed by atoms with E-state index in [1.54, 1.807) is 18.3 Å². The molecule has 1 fully saturated rings. The second-order valence-electron chi connectivity index (χ2n) is 4.51. The number of rotatable bonds is 4. The van der Waals surface area contributed by atoms with Crippen molar-refractivity contribution in [3.63, 3.8) is 0 Å². The first-order valence-corrected chi connectivity index (χ1v) is 5.85. The van der Waals surface area contributed by atoms with Gasteiger partial charge in [-0.15, -0.1) is 0 Å². The van der Waals surface area contributed by atoms with E-state index in [-0.39, 0.29) is 0 Å². The molecule has 1 aromatic carbocycles. The fourth-order valence-electron chi connectivity index (χ4n) is 2.12. The highest BCUT2D eigenvalue weighted by Crippen LogP contribution is 2.27. The van der Waals surface area contributed by atoms with E-state index in [1.165, 1.54) is 12.8 Å². The number of hydrogen-bond donors (Lipinski definition) is 1. The van der Waals surface area contributed by atoms with Gasteiger partial charge in [0, 0.05) is 24.2 Å². The van der Waals surface area contributed by atoms with Crippen molar-refractivity contribution < 1.29 is 8.78 Å². The summed E-state index contributed by atoms with van der Waals surface area (Å²) in [5.74, 6) is 0. The highest BCUT2D eigenvalue weighted by molar-refractivity contribution is 5.84. The van der Waals surface area contributed by atoms with E-state index in [9.17, 15) is 8.78 Å². The number of hydrogen-bond acceptors (Lipinski definition) is 1. The van der Waals surface area contributed by atoms with Gasteiger partial charge in [0.2, 0.25) is 0 Å². The molecule has 1 heterocycles. The van der Waals surface area contributed by atoms with Crippen LogP contribution in [-0.2, 0) is 6.54 Å². The SMILES string of the molecule is FC(F)n1cc(CNC2CC2)c2ccccc21. The zero-order valence-electron chi connectivity index (χ0n) is 9.37. The van der Waals surface area contributed by atoms with Crippen LogP contribution in [0.1, 0.15) is 25.0 Å². The van der Waals surface area contributed by atoms with E-state index < -0.39 is 6.55 Å². The number of fused-ring (bicyclic) bond motifs is 1. The Labute approximate surface area is 98.2 Å². The monoisotopic (exact) mass is 236 g/mol. The number of nitrogens with one attached hydrogen (secondary N) is 1. The molecule has 1 saturated carbocycles. The van der Waals surface area contributed by atoms with Crippen LogP contribution in [0, 0.1) is 0 Å². The van der Waals surface area contributed by atoms with Crippen molar-refractivity contribution in [3.8, 4) is 0 Å². The molecule has 2 nitrogen and oxygen atoms in total. The molecule has 0 atom stereocenters. The van der Waals surface area contributed by atoms with Crippen molar-refractivity contribution in [1.82, 2.24) is 9.88 Å². The Balaban J connectivity index is 1.98. The van der Waals surface area contributed by atoms with Gasteiger partial charge < -0.3 is 5.32 Å². The largest absolute Gasteiger partial charge is 0.319 e. The van der Waals surface area contributed by atoms with Crippen molar-refractivity contribution in [3.05, 3.63) is 36.0 Å². The normalized spacial score (nSPS) is 15.9. The van der Waals surface area contributed by atoms with Gasteiger partial charge in [-0.3, -0.25) is 4.57 Å². The molecule has 0 unspecified atom stereocenters. The maximum absolute atomic E-state index is 12.9. The Morgan fingerprint density at radius 3 is 2.76 bits per heavy atom. The molecule has 4 heteroatoms. The standard InChI is InChI=1S/C13H14F2N2/c14-13(15)17-8-9(7-16-10-5-6-10)11-3-1-2-4-12(11)17/h1-4,8,10,13,16H,5-7H2. The third kappa shape index (κ3) is 2.05. The fraction of sp³-hybridized carbons (Fsp3) is 0.385. The minimum absolute atomic E-state index is 0.587. The highest BCUT2D eigenvalue weighted by atomic mass is 19.3. The van der Waals surface area contributed by atoms with Crippen molar-refractivity contribution in [1.29, 1.82) is 0 Å². The molecular weight excluding hydrogens is 222 g/mol. The Kier molecular flexibility index (Phi) is 2.59. The molecule has 90 valence electrons. The summed E-state index contributed by atoms with van der Waals surface area (Å²) < 4.78 is 26.8. The molecule has 0 aliphatic heterocycles. The molecule has 0 saturated heterocycles. The van der Waals surface area contributed by atoms with Gasteiger partial charge in [0.05, 0.1) is 5.52 Å². The van der Waals surface area contributed by atoms with Crippen LogP contribution in [0.15, 0.2) is 30.5 Å². The summed E-state index contributed by atoms with van der Waals surface area (Å²) in [6.07, 6.45) is 3.96. The summed E-state index contributed by atoms with van der Waals surface area (Å²) in [7, 11) is 0. The van der Waals surface area contributed by atoms with Gasteiger partial charge in [-0.05, 0) is 24.5 Å². The first-order chi connectivity index (χ1) is 8.25. The van der Waals surface area contributed by atoms with Gasteiger partial charge in [-0.2, -0.15) is 8.78 Å². The van der Waals surface area contributed by atoms with Gasteiger partial charge in [0.15, 0.2) is 0 Å². The maximum atomic E-state index is 12.9. The lowest BCUT2D eigenvalue weighted by Crippen LogP contribution is -2.14. The molecule has 0 bridgehead atoms. The molecule has 0 radical (unpaired) electrons. The predicted octanol–water partition coefficient (Wildman–Crippen LogP) is 3.29. The minimum atomic E-state index is -2.48. The van der Waals surface area contributed by atoms with Crippen LogP contribution in [0.25, 0.3) is 10.9 Å². The van der Waals surface area contributed by atoms with Crippen molar-refractivity contribution in [2.75, 3.05) is 0 Å². The molecule has 2 aromatic rings. The third-order valence-electron chi connectivity index (χ3n) is 3.19. The lowest BCUT2D eigenvalue weighted by atomic mass is 10.2. The molecule has 0 amide bonds. The molecule has 1 N–H and O–H groups in total. The molecule has 3 rings (SSSR count). The van der Waals surface area contributed by atoms with E-state index in [2.05, 4.69) is 5.32 Å². The first kappa shape index (κ1) is 10.7. The third-order valence-corrected chi connectivity index (χ3v) is 3.19. The number of nitrogens with zero attached hydrogens (tertiary/aromatic N) is 1. The summed E-state index contributed by atoms with van der Waals surface area (Å²) in [5, 5.41) is 4.28. The lowest BCUT2D eigenvalue weighted by molar-refractivity contribution is 0.0750. The lowest BCUT2D eigenvalue weighted by Gasteiger charge is -2.01. The van der Waals surface area contributed by atoms with Crippen molar-refractivity contribution >= 4 is 10.9 Å². The van der Waals surface area contributed by atoms with Crippen LogP contribution < -0.4 is 5.32 Å². The van der Waals surface area contributed by atoms with Crippen molar-refractivity contribution in [2.24, 2.45) is 0 Å². The van der Waals surface area contributed by atoms with Gasteiger partial charge in [-0.1, -0.05) is 18.2 Å². The predicted molar refractivity (Wildman–Crippen MR) is 63.1 cm³/mol. The van der Waals surface area contributed by atoms with Gasteiger partial charge >= 0.3 is 6.55 Å². The number of para-hydroxylation sites is 1. The average Bonchev–Trinajstić information content (AvgIpc) is 3.07. The fourth-order valence-corrected chi connectivity index (χ4v) is 2.12. The van der Waals surface area contributed by atoms with Gasteiger partial charge in [0.1, 0.15) is 0 Å². The number of alkyl halides is 2. The topological polar surface area (TPSA) is 17.0 Å². The highest BCUT2D eigenvalue weighted by Gasteiger charge is 2.21. The summed E-state index contributed by atoms with van der Waals surface area (Å²) in [5.41, 5.74) is 1.56. The van der Waals surface area contributed by atoms with Crippen molar-refractivity contribution in [2.45, 2.75) is 32.0 Å². The Hall–Kier alpha value is -1.42. The summed E-state index contributed by atoms with van der Waals surface area (Å²) in [4.78, 5) is 0. The molecule has 0 spiro atoms. The summed E-state index contributed by atoms with van der Waals surface area (Å²) >= 11 is 0. The van der Waals surface area contributed by atoms with Gasteiger partial charge in [0.25, 0.3) is 0 Å². The van der Waals surface area contributed by atoms with Crippen LogP contribution >= 0.6 is 0 Å². The summed E-state index contributed by atoms with van der Waals surface area (Å²) in [6, 6.07) is 7.90. The second-order valence-corrected chi connectivity index (χ2v) is 4.51. The van der Waals surface area contributed by atoms with Crippen LogP contribution in [0.5, 0.6) is 0 Å². The average molecular weight is 236 g/mol. The Morgan fingerprint density at radius 1 is 1.29 bits per heavy atom. The van der Waals surface area contributed by atoms with Crippen LogP contribution in [-0.4, -0.2) is 10.6 Å². The van der Waals surface area contributed by atoms with Crippen LogP contribution in [0.4, 0.5) is 8.78 Å². The van der Waals surface area contributed by atoms with E-state index in [0.29, 0.717) is 18.1 Å². The van der Waals surface area contributed by atoms with E-state index >= 15 is 0 Å². The molecular formula is C13H14F2N2. The first-order valence-electron chi connectivity index (χ1n) is 5.85. The van der Waals surface area contributed by atoms with E-state index in [1.807, 2.05) is 12.1 Å². The van der Waals surface area contributed by atoms with Gasteiger partial charge in [-0.25, -0.2) is 0 Å². The Morgan fingerprint density at radius 2 is 2.06 bits per heavy atom. The number of halogens is 2. The smallest absolute Gasteiger partial charge is 0.310 e. The molecule has 1 aliphatic carbocycles. The molecule has 17 heavy (non-hydrogen) atoms. The number of aromatic nitrogens is 1. The zero-order valence-corrected chi connectivity index (χ0v) is 9.37. The maximum Gasteiger partial charge on any atom is 0.319 e.